The van der Waals surface area contributed by atoms with Crippen LogP contribution in [0.2, 0.25) is 0 Å². The number of aromatic nitrogens is 2. The van der Waals surface area contributed by atoms with Crippen molar-refractivity contribution in [1.29, 1.82) is 0 Å². The first kappa shape index (κ1) is 20.3. The van der Waals surface area contributed by atoms with Gasteiger partial charge in [0, 0.05) is 30.6 Å². The van der Waals surface area contributed by atoms with Gasteiger partial charge in [-0.2, -0.15) is 0 Å². The van der Waals surface area contributed by atoms with E-state index in [4.69, 9.17) is 4.98 Å². The van der Waals surface area contributed by atoms with Crippen LogP contribution in [0, 0.1) is 11.8 Å². The van der Waals surface area contributed by atoms with E-state index in [0.717, 1.165) is 29.9 Å². The molecule has 1 N–H and O–H groups in total. The van der Waals surface area contributed by atoms with Crippen molar-refractivity contribution in [2.75, 3.05) is 6.54 Å². The van der Waals surface area contributed by atoms with Crippen molar-refractivity contribution in [3.8, 4) is 11.4 Å². The summed E-state index contributed by atoms with van der Waals surface area (Å²) in [6.45, 7) is 3.95. The maximum atomic E-state index is 13.3. The Kier molecular flexibility index (Phi) is 5.55. The van der Waals surface area contributed by atoms with Crippen molar-refractivity contribution in [3.05, 3.63) is 41.7 Å². The first-order valence-electron chi connectivity index (χ1n) is 11.9. The smallest absolute Gasteiger partial charge is 0.272 e. The predicted octanol–water partition coefficient (Wildman–Crippen LogP) is 4.00. The van der Waals surface area contributed by atoms with Gasteiger partial charge in [-0.3, -0.25) is 9.59 Å². The van der Waals surface area contributed by atoms with Crippen molar-refractivity contribution in [2.24, 2.45) is 11.8 Å². The number of carbonyl (C=O) groups excluding carboxylic acids is 2. The molecule has 164 valence electrons. The molecule has 2 heterocycles. The molecule has 2 amide bonds. The number of benzene rings is 1. The molecule has 1 aromatic heterocycles. The van der Waals surface area contributed by atoms with E-state index in [1.165, 1.54) is 32.1 Å². The Morgan fingerprint density at radius 3 is 2.48 bits per heavy atom. The minimum Gasteiger partial charge on any atom is -0.348 e. The number of hydrogen-bond acceptors (Lipinski definition) is 3. The van der Waals surface area contributed by atoms with Gasteiger partial charge < -0.3 is 14.8 Å². The summed E-state index contributed by atoms with van der Waals surface area (Å²) >= 11 is 0. The largest absolute Gasteiger partial charge is 0.348 e. The lowest BCUT2D eigenvalue weighted by atomic mass is 9.84. The summed E-state index contributed by atoms with van der Waals surface area (Å²) < 4.78 is 2.15. The molecule has 2 aliphatic carbocycles. The fourth-order valence-electron chi connectivity index (χ4n) is 5.16. The Morgan fingerprint density at radius 2 is 1.77 bits per heavy atom. The normalized spacial score (nSPS) is 20.2. The minimum absolute atomic E-state index is 0.107. The zero-order chi connectivity index (χ0) is 21.4. The third-order valence-electron chi connectivity index (χ3n) is 7.21. The van der Waals surface area contributed by atoms with Crippen molar-refractivity contribution in [1.82, 2.24) is 19.8 Å². The van der Waals surface area contributed by atoms with E-state index in [0.29, 0.717) is 31.2 Å². The van der Waals surface area contributed by atoms with Gasteiger partial charge in [0.25, 0.3) is 5.91 Å². The average molecular weight is 421 g/mol. The van der Waals surface area contributed by atoms with E-state index in [1.807, 2.05) is 35.2 Å². The molecule has 2 aromatic rings. The molecular formula is C25H32N4O2. The second-order valence-corrected chi connectivity index (χ2v) is 9.44. The maximum absolute atomic E-state index is 13.3. The number of carbonyl (C=O) groups is 2. The highest BCUT2D eigenvalue weighted by atomic mass is 16.2. The van der Waals surface area contributed by atoms with Crippen molar-refractivity contribution < 1.29 is 9.59 Å². The number of amides is 2. The van der Waals surface area contributed by atoms with Gasteiger partial charge >= 0.3 is 0 Å². The van der Waals surface area contributed by atoms with Crippen molar-refractivity contribution in [3.63, 3.8) is 0 Å². The predicted molar refractivity (Wildman–Crippen MR) is 119 cm³/mol. The first-order chi connectivity index (χ1) is 15.1. The number of nitrogens with zero attached hydrogens (tertiary/aromatic N) is 3. The monoisotopic (exact) mass is 420 g/mol. The highest BCUT2D eigenvalue weighted by Crippen LogP contribution is 2.34. The number of nitrogens with one attached hydrogen (secondary N) is 1. The molecule has 2 saturated carbocycles. The summed E-state index contributed by atoms with van der Waals surface area (Å²) in [7, 11) is 0. The summed E-state index contributed by atoms with van der Waals surface area (Å²) in [5.74, 6) is 1.68. The Labute approximate surface area is 184 Å². The third-order valence-corrected chi connectivity index (χ3v) is 7.21. The molecule has 0 radical (unpaired) electrons. The van der Waals surface area contributed by atoms with Crippen LogP contribution in [0.5, 0.6) is 0 Å². The van der Waals surface area contributed by atoms with Crippen LogP contribution in [0.4, 0.5) is 0 Å². The van der Waals surface area contributed by atoms with Crippen LogP contribution in [0.15, 0.2) is 30.3 Å². The lowest BCUT2D eigenvalue weighted by Gasteiger charge is -2.30. The second-order valence-electron chi connectivity index (χ2n) is 9.44. The van der Waals surface area contributed by atoms with Gasteiger partial charge in [0.2, 0.25) is 5.91 Å². The number of imidazole rings is 1. The topological polar surface area (TPSA) is 67.2 Å². The second kappa shape index (κ2) is 8.48. The Hall–Kier alpha value is -2.63. The first-order valence-corrected chi connectivity index (χ1v) is 11.9. The van der Waals surface area contributed by atoms with E-state index in [-0.39, 0.29) is 23.8 Å². The summed E-state index contributed by atoms with van der Waals surface area (Å²) in [6.07, 6.45) is 8.16. The Balaban J connectivity index is 1.43. The van der Waals surface area contributed by atoms with Crippen LogP contribution < -0.4 is 5.32 Å². The van der Waals surface area contributed by atoms with E-state index in [9.17, 15) is 9.59 Å². The standard InChI is InChI=1S/C25H32N4O2/c1-17(18-8-4-2-5-9-18)26-24(30)22-21-16-28(25(31)20-12-13-20)14-15-29(21)23(27-22)19-10-6-3-7-11-19/h3,6-7,10-11,17-18,20H,2,4-5,8-9,12-16H2,1H3,(H,26,30). The Bertz CT molecular complexity index is 957. The van der Waals surface area contributed by atoms with Crippen LogP contribution in [-0.4, -0.2) is 38.9 Å². The average Bonchev–Trinajstić information content (AvgIpc) is 3.59. The molecule has 2 fully saturated rings. The van der Waals surface area contributed by atoms with Gasteiger partial charge in [-0.15, -0.1) is 0 Å². The van der Waals surface area contributed by atoms with Crippen LogP contribution in [0.3, 0.4) is 0 Å². The number of fused-ring (bicyclic) bond motifs is 1. The highest BCUT2D eigenvalue weighted by Gasteiger charge is 2.37. The zero-order valence-corrected chi connectivity index (χ0v) is 18.3. The van der Waals surface area contributed by atoms with E-state index in [2.05, 4.69) is 16.8 Å². The molecule has 1 atom stereocenters. The van der Waals surface area contributed by atoms with Crippen molar-refractivity contribution in [2.45, 2.75) is 71.0 Å². The fourth-order valence-corrected chi connectivity index (χ4v) is 5.16. The lowest BCUT2D eigenvalue weighted by molar-refractivity contribution is -0.134. The van der Waals surface area contributed by atoms with E-state index < -0.39 is 0 Å². The molecule has 0 bridgehead atoms. The molecule has 3 aliphatic rings. The molecule has 6 nitrogen and oxygen atoms in total. The van der Waals surface area contributed by atoms with Gasteiger partial charge in [0.05, 0.1) is 12.2 Å². The quantitative estimate of drug-likeness (QED) is 0.795. The molecule has 0 saturated heterocycles. The SMILES string of the molecule is CC(NC(=O)c1nc(-c2ccccc2)n2c1CN(C(=O)C1CC1)CC2)C1CCCCC1. The van der Waals surface area contributed by atoms with E-state index in [1.54, 1.807) is 0 Å². The zero-order valence-electron chi connectivity index (χ0n) is 18.3. The van der Waals surface area contributed by atoms with Gasteiger partial charge in [0.1, 0.15) is 5.82 Å². The fraction of sp³-hybridized carbons (Fsp3) is 0.560. The van der Waals surface area contributed by atoms with Gasteiger partial charge in [0.15, 0.2) is 5.69 Å². The molecule has 1 unspecified atom stereocenters. The molecule has 1 aromatic carbocycles. The maximum Gasteiger partial charge on any atom is 0.272 e. The summed E-state index contributed by atoms with van der Waals surface area (Å²) in [5, 5.41) is 3.24. The third kappa shape index (κ3) is 4.12. The lowest BCUT2D eigenvalue weighted by Crippen LogP contribution is -2.42. The van der Waals surface area contributed by atoms with E-state index >= 15 is 0 Å². The molecule has 1 aliphatic heterocycles. The molecule has 0 spiro atoms. The van der Waals surface area contributed by atoms with Gasteiger partial charge in [-0.25, -0.2) is 4.98 Å². The molecular weight excluding hydrogens is 388 g/mol. The van der Waals surface area contributed by atoms with Crippen LogP contribution in [0.25, 0.3) is 11.4 Å². The minimum atomic E-state index is -0.107. The van der Waals surface area contributed by atoms with Crippen LogP contribution in [-0.2, 0) is 17.9 Å². The summed E-state index contributed by atoms with van der Waals surface area (Å²) in [5.41, 5.74) is 2.35. The molecule has 5 rings (SSSR count). The highest BCUT2D eigenvalue weighted by molar-refractivity contribution is 5.94. The van der Waals surface area contributed by atoms with Crippen molar-refractivity contribution >= 4 is 11.8 Å². The van der Waals surface area contributed by atoms with Crippen LogP contribution in [0.1, 0.15) is 68.1 Å². The Morgan fingerprint density at radius 1 is 1.03 bits per heavy atom. The number of hydrogen-bond donors (Lipinski definition) is 1. The summed E-state index contributed by atoms with van der Waals surface area (Å²) in [4.78, 5) is 32.8. The summed E-state index contributed by atoms with van der Waals surface area (Å²) in [6, 6.07) is 10.2. The molecule has 31 heavy (non-hydrogen) atoms. The number of rotatable bonds is 5. The van der Waals surface area contributed by atoms with Gasteiger partial charge in [-0.1, -0.05) is 49.6 Å². The van der Waals surface area contributed by atoms with Gasteiger partial charge in [-0.05, 0) is 38.5 Å². The molecule has 6 heteroatoms. The van der Waals surface area contributed by atoms with Crippen LogP contribution >= 0.6 is 0 Å².